The summed E-state index contributed by atoms with van der Waals surface area (Å²) in [6.45, 7) is 4.17. The van der Waals surface area contributed by atoms with Gasteiger partial charge in [-0.2, -0.15) is 0 Å². The number of fused-ring (bicyclic) bond motifs is 1. The highest BCUT2D eigenvalue weighted by Crippen LogP contribution is 2.35. The van der Waals surface area contributed by atoms with Gasteiger partial charge < -0.3 is 0 Å². The number of nitrogens with zero attached hydrogens (tertiary/aromatic N) is 1. The van der Waals surface area contributed by atoms with Gasteiger partial charge in [-0.3, -0.25) is 4.98 Å². The maximum atomic E-state index is 4.66. The normalized spacial score (nSPS) is 10.9. The summed E-state index contributed by atoms with van der Waals surface area (Å²) < 4.78 is 1.35. The quantitative estimate of drug-likeness (QED) is 0.605. The second-order valence-electron chi connectivity index (χ2n) is 4.19. The lowest BCUT2D eigenvalue weighted by molar-refractivity contribution is 1.15. The van der Waals surface area contributed by atoms with Gasteiger partial charge in [-0.05, 0) is 30.9 Å². The van der Waals surface area contributed by atoms with E-state index < -0.39 is 0 Å². The second kappa shape index (κ2) is 3.97. The van der Waals surface area contributed by atoms with E-state index in [1.54, 1.807) is 11.3 Å². The van der Waals surface area contributed by atoms with Gasteiger partial charge in [-0.1, -0.05) is 30.3 Å². The van der Waals surface area contributed by atoms with E-state index in [9.17, 15) is 0 Å². The number of benzene rings is 1. The summed E-state index contributed by atoms with van der Waals surface area (Å²) in [5, 5.41) is 3.42. The van der Waals surface area contributed by atoms with Gasteiger partial charge in [0, 0.05) is 27.0 Å². The highest BCUT2D eigenvalue weighted by atomic mass is 32.1. The molecule has 2 heterocycles. The molecule has 0 unspecified atom stereocenters. The minimum Gasteiger partial charge on any atom is -0.257 e. The van der Waals surface area contributed by atoms with Gasteiger partial charge in [-0.15, -0.1) is 11.3 Å². The molecule has 0 atom stereocenters. The summed E-state index contributed by atoms with van der Waals surface area (Å²) in [6, 6.07) is 12.7. The summed E-state index contributed by atoms with van der Waals surface area (Å²) in [5.41, 5.74) is 4.77. The van der Waals surface area contributed by atoms with Crippen molar-refractivity contribution >= 4 is 21.4 Å². The van der Waals surface area contributed by atoms with Crippen LogP contribution in [0.25, 0.3) is 21.2 Å². The first kappa shape index (κ1) is 10.5. The van der Waals surface area contributed by atoms with Crippen LogP contribution < -0.4 is 0 Å². The lowest BCUT2D eigenvalue weighted by Gasteiger charge is -2.08. The van der Waals surface area contributed by atoms with Crippen molar-refractivity contribution in [3.63, 3.8) is 0 Å². The molecule has 0 saturated heterocycles. The third-order valence-corrected chi connectivity index (χ3v) is 3.97. The Hall–Kier alpha value is -1.67. The number of rotatable bonds is 1. The van der Waals surface area contributed by atoms with E-state index in [2.05, 4.69) is 54.5 Å². The van der Waals surface area contributed by atoms with Gasteiger partial charge in [0.1, 0.15) is 0 Å². The average molecular weight is 239 g/mol. The van der Waals surface area contributed by atoms with E-state index in [4.69, 9.17) is 0 Å². The van der Waals surface area contributed by atoms with Gasteiger partial charge in [-0.25, -0.2) is 0 Å². The van der Waals surface area contributed by atoms with Crippen LogP contribution in [0.1, 0.15) is 11.4 Å². The SMILES string of the molecule is Cc1nc(C)c2ccsc2c1-c1ccccc1. The molecule has 0 spiro atoms. The van der Waals surface area contributed by atoms with E-state index in [-0.39, 0.29) is 0 Å². The average Bonchev–Trinajstić information content (AvgIpc) is 2.79. The Labute approximate surface area is 105 Å². The molecule has 2 heteroatoms. The van der Waals surface area contributed by atoms with Crippen molar-refractivity contribution < 1.29 is 0 Å². The van der Waals surface area contributed by atoms with Crippen molar-refractivity contribution in [3.05, 3.63) is 53.2 Å². The van der Waals surface area contributed by atoms with Crippen LogP contribution in [0.4, 0.5) is 0 Å². The smallest absolute Gasteiger partial charge is 0.0468 e. The molecule has 3 rings (SSSR count). The van der Waals surface area contributed by atoms with Crippen molar-refractivity contribution in [2.24, 2.45) is 0 Å². The highest BCUT2D eigenvalue weighted by Gasteiger charge is 2.11. The molecule has 17 heavy (non-hydrogen) atoms. The Morgan fingerprint density at radius 1 is 0.941 bits per heavy atom. The molecule has 0 saturated carbocycles. The standard InChI is InChI=1S/C15H13NS/c1-10-13-8-9-17-15(13)14(11(2)16-10)12-6-4-3-5-7-12/h3-9H,1-2H3. The van der Waals surface area contributed by atoms with Crippen molar-refractivity contribution in [3.8, 4) is 11.1 Å². The van der Waals surface area contributed by atoms with Crippen LogP contribution in [-0.4, -0.2) is 4.98 Å². The van der Waals surface area contributed by atoms with Crippen molar-refractivity contribution in [2.45, 2.75) is 13.8 Å². The zero-order valence-electron chi connectivity index (χ0n) is 9.90. The molecule has 0 aliphatic heterocycles. The van der Waals surface area contributed by atoms with Crippen LogP contribution in [0.3, 0.4) is 0 Å². The van der Waals surface area contributed by atoms with Crippen LogP contribution in [0.5, 0.6) is 0 Å². The fourth-order valence-corrected chi connectivity index (χ4v) is 3.33. The summed E-state index contributed by atoms with van der Waals surface area (Å²) in [4.78, 5) is 4.66. The number of aromatic nitrogens is 1. The van der Waals surface area contributed by atoms with Crippen LogP contribution >= 0.6 is 11.3 Å². The summed E-state index contributed by atoms with van der Waals surface area (Å²) >= 11 is 1.80. The molecule has 1 aromatic carbocycles. The monoisotopic (exact) mass is 239 g/mol. The lowest BCUT2D eigenvalue weighted by Crippen LogP contribution is -1.91. The fraction of sp³-hybridized carbons (Fsp3) is 0.133. The van der Waals surface area contributed by atoms with Gasteiger partial charge in [0.2, 0.25) is 0 Å². The van der Waals surface area contributed by atoms with Crippen molar-refractivity contribution in [1.29, 1.82) is 0 Å². The molecule has 2 aromatic heterocycles. The Bertz CT molecular complexity index is 668. The van der Waals surface area contributed by atoms with E-state index in [0.717, 1.165) is 11.4 Å². The molecule has 0 aliphatic rings. The van der Waals surface area contributed by atoms with E-state index in [1.807, 2.05) is 6.07 Å². The number of pyridine rings is 1. The highest BCUT2D eigenvalue weighted by molar-refractivity contribution is 7.17. The van der Waals surface area contributed by atoms with E-state index in [1.165, 1.54) is 21.2 Å². The Morgan fingerprint density at radius 2 is 1.71 bits per heavy atom. The van der Waals surface area contributed by atoms with E-state index >= 15 is 0 Å². The largest absolute Gasteiger partial charge is 0.257 e. The molecule has 0 N–H and O–H groups in total. The Kier molecular flexibility index (Phi) is 2.45. The maximum Gasteiger partial charge on any atom is 0.0468 e. The summed E-state index contributed by atoms with van der Waals surface area (Å²) in [5.74, 6) is 0. The number of aryl methyl sites for hydroxylation is 2. The van der Waals surface area contributed by atoms with Gasteiger partial charge in [0.25, 0.3) is 0 Å². The van der Waals surface area contributed by atoms with E-state index in [0.29, 0.717) is 0 Å². The van der Waals surface area contributed by atoms with Crippen LogP contribution in [0.15, 0.2) is 41.8 Å². The summed E-state index contributed by atoms with van der Waals surface area (Å²) in [6.07, 6.45) is 0. The molecule has 0 aliphatic carbocycles. The van der Waals surface area contributed by atoms with Gasteiger partial charge in [0.05, 0.1) is 0 Å². The molecule has 3 aromatic rings. The minimum atomic E-state index is 1.11. The predicted molar refractivity (Wildman–Crippen MR) is 74.5 cm³/mol. The fourth-order valence-electron chi connectivity index (χ4n) is 2.26. The lowest BCUT2D eigenvalue weighted by atomic mass is 10.0. The van der Waals surface area contributed by atoms with Crippen LogP contribution in [0, 0.1) is 13.8 Å². The third kappa shape index (κ3) is 1.65. The van der Waals surface area contributed by atoms with Gasteiger partial charge in [0.15, 0.2) is 0 Å². The molecular weight excluding hydrogens is 226 g/mol. The number of thiophene rings is 1. The zero-order valence-corrected chi connectivity index (χ0v) is 10.7. The molecular formula is C15H13NS. The maximum absolute atomic E-state index is 4.66. The zero-order chi connectivity index (χ0) is 11.8. The molecule has 0 bridgehead atoms. The van der Waals surface area contributed by atoms with Crippen molar-refractivity contribution in [1.82, 2.24) is 4.98 Å². The van der Waals surface area contributed by atoms with Crippen LogP contribution in [-0.2, 0) is 0 Å². The molecule has 1 nitrogen and oxygen atoms in total. The first-order chi connectivity index (χ1) is 8.27. The second-order valence-corrected chi connectivity index (χ2v) is 5.10. The van der Waals surface area contributed by atoms with Crippen molar-refractivity contribution in [2.75, 3.05) is 0 Å². The number of hydrogen-bond donors (Lipinski definition) is 0. The molecule has 0 amide bonds. The Morgan fingerprint density at radius 3 is 2.47 bits per heavy atom. The van der Waals surface area contributed by atoms with Gasteiger partial charge >= 0.3 is 0 Å². The van der Waals surface area contributed by atoms with Crippen LogP contribution in [0.2, 0.25) is 0 Å². The Balaban J connectivity index is 2.40. The first-order valence-corrected chi connectivity index (χ1v) is 6.55. The minimum absolute atomic E-state index is 1.11. The third-order valence-electron chi connectivity index (χ3n) is 3.04. The topological polar surface area (TPSA) is 12.9 Å². The molecule has 0 fully saturated rings. The predicted octanol–water partition coefficient (Wildman–Crippen LogP) is 4.58. The molecule has 84 valence electrons. The number of hydrogen-bond acceptors (Lipinski definition) is 2. The summed E-state index contributed by atoms with van der Waals surface area (Å²) in [7, 11) is 0. The molecule has 0 radical (unpaired) electrons. The first-order valence-electron chi connectivity index (χ1n) is 5.67.